The van der Waals surface area contributed by atoms with Gasteiger partial charge in [0.1, 0.15) is 12.4 Å². The molecule has 0 saturated carbocycles. The smallest absolute Gasteiger partial charge is 0.301 e. The Labute approximate surface area is 276 Å². The second-order valence-corrected chi connectivity index (χ2v) is 12.7. The van der Waals surface area contributed by atoms with E-state index >= 15 is 0 Å². The molecule has 44 heavy (non-hydrogen) atoms. The van der Waals surface area contributed by atoms with Crippen LogP contribution in [0.4, 0.5) is 5.13 Å². The predicted octanol–water partition coefficient (Wildman–Crippen LogP) is 8.38. The fourth-order valence-corrected chi connectivity index (χ4v) is 7.03. The fraction of sp³-hybridized carbons (Fsp3) is 0.161. The Morgan fingerprint density at radius 2 is 1.77 bits per heavy atom. The van der Waals surface area contributed by atoms with E-state index in [4.69, 9.17) is 44.3 Å². The van der Waals surface area contributed by atoms with E-state index < -0.39 is 17.7 Å². The number of ketones is 1. The molecule has 1 N–H and O–H groups in total. The molecule has 4 aromatic rings. The molecule has 1 aliphatic rings. The van der Waals surface area contributed by atoms with Crippen LogP contribution >= 0.6 is 57.9 Å². The molecule has 1 fully saturated rings. The van der Waals surface area contributed by atoms with Crippen molar-refractivity contribution in [3.63, 3.8) is 0 Å². The molecular weight excluding hydrogens is 665 g/mol. The van der Waals surface area contributed by atoms with E-state index in [1.165, 1.54) is 16.7 Å². The first kappa shape index (κ1) is 31.9. The number of nitrogens with zero attached hydrogens (tertiary/aromatic N) is 3. The molecule has 3 aromatic carbocycles. The van der Waals surface area contributed by atoms with Crippen LogP contribution in [0.25, 0.3) is 5.76 Å². The zero-order valence-corrected chi connectivity index (χ0v) is 27.0. The Balaban J connectivity index is 1.57. The molecule has 0 radical (unpaired) electrons. The third kappa shape index (κ3) is 6.74. The Kier molecular flexibility index (Phi) is 10.2. The molecule has 0 aliphatic carbocycles. The third-order valence-electron chi connectivity index (χ3n) is 6.47. The van der Waals surface area contributed by atoms with Crippen molar-refractivity contribution in [2.75, 3.05) is 18.1 Å². The molecule has 0 bridgehead atoms. The summed E-state index contributed by atoms with van der Waals surface area (Å²) in [6, 6.07) is 15.6. The number of aliphatic hydroxyl groups excluding tert-OH is 1. The van der Waals surface area contributed by atoms with Gasteiger partial charge in [-0.15, -0.1) is 10.2 Å². The van der Waals surface area contributed by atoms with Gasteiger partial charge in [-0.05, 0) is 66.6 Å². The number of halogens is 3. The van der Waals surface area contributed by atoms with E-state index in [-0.39, 0.29) is 23.1 Å². The second-order valence-electron chi connectivity index (χ2n) is 9.29. The largest absolute Gasteiger partial charge is 0.507 e. The number of benzene rings is 3. The predicted molar refractivity (Wildman–Crippen MR) is 175 cm³/mol. The van der Waals surface area contributed by atoms with E-state index in [0.717, 1.165) is 16.9 Å². The fourth-order valence-electron chi connectivity index (χ4n) is 4.48. The number of thioether (sulfide) groups is 1. The summed E-state index contributed by atoms with van der Waals surface area (Å²) in [5.41, 5.74) is 1.55. The number of carbonyl (C=O) groups excluding carboxylic acids is 2. The van der Waals surface area contributed by atoms with Crippen molar-refractivity contribution >= 4 is 80.5 Å². The quantitative estimate of drug-likeness (QED) is 0.0419. The Morgan fingerprint density at radius 1 is 1.02 bits per heavy atom. The molecule has 13 heteroatoms. The van der Waals surface area contributed by atoms with Crippen LogP contribution in [0.5, 0.6) is 11.5 Å². The van der Waals surface area contributed by atoms with Gasteiger partial charge in [0.2, 0.25) is 5.13 Å². The minimum atomic E-state index is -1.05. The summed E-state index contributed by atoms with van der Waals surface area (Å²) in [5, 5.41) is 21.6. The standard InChI is InChI=1S/C31H24Cl3N3O5S2/c1-3-13-42-23-12-8-18(14-24(23)41-4-2)26-25(27(38)17-5-9-20(32)10-6-17)28(39)29(40)37(26)30-35-36-31(44-30)43-16-19-7-11-21(33)15-22(19)34/h3,5-12,14-15,26,38H,1,4,13,16H2,2H3/b27-25+. The van der Waals surface area contributed by atoms with Crippen LogP contribution in [0.15, 0.2) is 83.2 Å². The van der Waals surface area contributed by atoms with E-state index in [0.29, 0.717) is 54.4 Å². The van der Waals surface area contributed by atoms with Gasteiger partial charge in [0.15, 0.2) is 15.8 Å². The maximum Gasteiger partial charge on any atom is 0.301 e. The van der Waals surface area contributed by atoms with Gasteiger partial charge in [0.25, 0.3) is 5.78 Å². The van der Waals surface area contributed by atoms with E-state index in [1.807, 2.05) is 13.0 Å². The maximum atomic E-state index is 13.6. The van der Waals surface area contributed by atoms with Crippen molar-refractivity contribution in [1.82, 2.24) is 10.2 Å². The highest BCUT2D eigenvalue weighted by Gasteiger charge is 2.48. The average Bonchev–Trinajstić information content (AvgIpc) is 3.58. The van der Waals surface area contributed by atoms with Crippen LogP contribution < -0.4 is 14.4 Å². The molecule has 5 rings (SSSR count). The number of hydrogen-bond acceptors (Lipinski definition) is 9. The maximum absolute atomic E-state index is 13.6. The van der Waals surface area contributed by atoms with E-state index in [1.54, 1.807) is 60.7 Å². The Hall–Kier alpha value is -3.54. The van der Waals surface area contributed by atoms with Crippen LogP contribution in [0, 0.1) is 0 Å². The average molecular weight is 689 g/mol. The Bertz CT molecular complexity index is 1760. The van der Waals surface area contributed by atoms with Crippen LogP contribution in [0.3, 0.4) is 0 Å². The third-order valence-corrected chi connectivity index (χ3v) is 9.41. The SMILES string of the molecule is C=CCOc1ccc(C2/C(=C(\O)c3ccc(Cl)cc3)C(=O)C(=O)N2c2nnc(SCc3ccc(Cl)cc3Cl)s2)cc1OCC. The van der Waals surface area contributed by atoms with Crippen molar-refractivity contribution in [2.45, 2.75) is 23.1 Å². The number of carbonyl (C=O) groups is 2. The highest BCUT2D eigenvalue weighted by Crippen LogP contribution is 2.46. The first-order valence-electron chi connectivity index (χ1n) is 13.2. The van der Waals surface area contributed by atoms with Crippen molar-refractivity contribution in [3.8, 4) is 11.5 Å². The van der Waals surface area contributed by atoms with Gasteiger partial charge >= 0.3 is 5.91 Å². The summed E-state index contributed by atoms with van der Waals surface area (Å²) in [4.78, 5) is 28.4. The highest BCUT2D eigenvalue weighted by molar-refractivity contribution is 8.00. The number of aliphatic hydroxyl groups is 1. The molecule has 1 aromatic heterocycles. The van der Waals surface area contributed by atoms with E-state index in [9.17, 15) is 14.7 Å². The number of Topliss-reactive ketones (excluding diaryl/α,β-unsaturated/α-hetero) is 1. The summed E-state index contributed by atoms with van der Waals surface area (Å²) >= 11 is 20.9. The summed E-state index contributed by atoms with van der Waals surface area (Å²) in [6.07, 6.45) is 1.61. The van der Waals surface area contributed by atoms with Crippen LogP contribution in [0.1, 0.15) is 29.7 Å². The van der Waals surface area contributed by atoms with Crippen LogP contribution in [-0.2, 0) is 15.3 Å². The second kappa shape index (κ2) is 14.0. The van der Waals surface area contributed by atoms with Gasteiger partial charge in [0.05, 0.1) is 18.2 Å². The molecule has 1 saturated heterocycles. The number of hydrogen-bond donors (Lipinski definition) is 1. The lowest BCUT2D eigenvalue weighted by Gasteiger charge is -2.23. The molecule has 8 nitrogen and oxygen atoms in total. The zero-order valence-electron chi connectivity index (χ0n) is 23.1. The first-order valence-corrected chi connectivity index (χ1v) is 16.1. The minimum absolute atomic E-state index is 0.114. The van der Waals surface area contributed by atoms with Crippen molar-refractivity contribution in [3.05, 3.63) is 111 Å². The number of ether oxygens (including phenoxy) is 2. The number of amides is 1. The van der Waals surface area contributed by atoms with Gasteiger partial charge in [-0.1, -0.05) is 82.7 Å². The molecule has 1 aliphatic heterocycles. The number of anilines is 1. The van der Waals surface area contributed by atoms with Crippen molar-refractivity contribution < 1.29 is 24.2 Å². The number of aromatic nitrogens is 2. The summed E-state index contributed by atoms with van der Waals surface area (Å²) in [5.74, 6) is -0.742. The lowest BCUT2D eigenvalue weighted by atomic mass is 9.95. The summed E-state index contributed by atoms with van der Waals surface area (Å²) < 4.78 is 12.1. The molecule has 2 heterocycles. The van der Waals surface area contributed by atoms with Gasteiger partial charge in [-0.2, -0.15) is 0 Å². The zero-order chi connectivity index (χ0) is 31.4. The topological polar surface area (TPSA) is 102 Å². The first-order chi connectivity index (χ1) is 21.2. The molecule has 1 atom stereocenters. The van der Waals surface area contributed by atoms with Crippen LogP contribution in [0.2, 0.25) is 15.1 Å². The Morgan fingerprint density at radius 3 is 2.48 bits per heavy atom. The van der Waals surface area contributed by atoms with Crippen LogP contribution in [-0.4, -0.2) is 40.2 Å². The molecule has 0 spiro atoms. The normalized spacial score (nSPS) is 15.9. The number of rotatable bonds is 11. The summed E-state index contributed by atoms with van der Waals surface area (Å²) in [7, 11) is 0. The van der Waals surface area contributed by atoms with Gasteiger partial charge in [0, 0.05) is 26.4 Å². The molecular formula is C31H24Cl3N3O5S2. The monoisotopic (exact) mass is 687 g/mol. The molecule has 1 amide bonds. The summed E-state index contributed by atoms with van der Waals surface area (Å²) in [6.45, 7) is 6.10. The minimum Gasteiger partial charge on any atom is -0.507 e. The van der Waals surface area contributed by atoms with Crippen molar-refractivity contribution in [2.24, 2.45) is 0 Å². The lowest BCUT2D eigenvalue weighted by molar-refractivity contribution is -0.132. The lowest BCUT2D eigenvalue weighted by Crippen LogP contribution is -2.29. The molecule has 1 unspecified atom stereocenters. The highest BCUT2D eigenvalue weighted by atomic mass is 35.5. The van der Waals surface area contributed by atoms with Gasteiger partial charge in [-0.25, -0.2) is 0 Å². The van der Waals surface area contributed by atoms with E-state index in [2.05, 4.69) is 16.8 Å². The van der Waals surface area contributed by atoms with Gasteiger partial charge < -0.3 is 14.6 Å². The van der Waals surface area contributed by atoms with Crippen molar-refractivity contribution in [1.29, 1.82) is 0 Å². The van der Waals surface area contributed by atoms with Gasteiger partial charge in [-0.3, -0.25) is 14.5 Å². The molecule has 226 valence electrons.